The number of carbonyl (C=O) groups is 1. The summed E-state index contributed by atoms with van der Waals surface area (Å²) in [6.07, 6.45) is -0.235. The Morgan fingerprint density at radius 1 is 1.14 bits per heavy atom. The molecule has 4 nitrogen and oxygen atoms in total. The van der Waals surface area contributed by atoms with Crippen molar-refractivity contribution in [2.45, 2.75) is 6.10 Å². The lowest BCUT2D eigenvalue weighted by Gasteiger charge is -2.26. The van der Waals surface area contributed by atoms with Crippen LogP contribution in [0, 0.1) is 0 Å². The highest BCUT2D eigenvalue weighted by atomic mass is 35.5. The molecule has 1 atom stereocenters. The molecule has 0 saturated heterocycles. The number of nitrogens with one attached hydrogen (secondary N) is 1. The van der Waals surface area contributed by atoms with E-state index < -0.39 is 0 Å². The zero-order valence-electron chi connectivity index (χ0n) is 11.5. The number of ether oxygens (including phenoxy) is 2. The van der Waals surface area contributed by atoms with E-state index in [0.717, 1.165) is 5.75 Å². The number of rotatable bonds is 3. The highest BCUT2D eigenvalue weighted by Crippen LogP contribution is 2.30. The maximum absolute atomic E-state index is 12.1. The van der Waals surface area contributed by atoms with Crippen LogP contribution in [-0.4, -0.2) is 25.2 Å². The van der Waals surface area contributed by atoms with Crippen LogP contribution < -0.4 is 14.8 Å². The second kappa shape index (κ2) is 6.46. The maximum Gasteiger partial charge on any atom is 0.251 e. The summed E-state index contributed by atoms with van der Waals surface area (Å²) in [4.78, 5) is 12.1. The van der Waals surface area contributed by atoms with Crippen molar-refractivity contribution in [1.82, 2.24) is 5.32 Å². The quantitative estimate of drug-likeness (QED) is 0.931. The lowest BCUT2D eigenvalue weighted by molar-refractivity contribution is 0.0789. The summed E-state index contributed by atoms with van der Waals surface area (Å²) in [7, 11) is 0. The molecule has 1 aliphatic heterocycles. The molecule has 0 unspecified atom stereocenters. The third-order valence-corrected chi connectivity index (χ3v) is 3.98. The number of carbonyl (C=O) groups excluding carboxylic acids is 1. The molecule has 2 aromatic rings. The van der Waals surface area contributed by atoms with Crippen LogP contribution in [0.1, 0.15) is 10.4 Å². The smallest absolute Gasteiger partial charge is 0.251 e. The van der Waals surface area contributed by atoms with Gasteiger partial charge in [-0.15, -0.1) is 0 Å². The van der Waals surface area contributed by atoms with Gasteiger partial charge in [0.25, 0.3) is 5.91 Å². The molecule has 6 heteroatoms. The Balaban J connectivity index is 1.59. The molecule has 0 aliphatic carbocycles. The first kappa shape index (κ1) is 15.0. The van der Waals surface area contributed by atoms with Gasteiger partial charge in [0, 0.05) is 5.56 Å². The van der Waals surface area contributed by atoms with E-state index in [1.807, 2.05) is 24.3 Å². The Kier molecular flexibility index (Phi) is 4.41. The van der Waals surface area contributed by atoms with Crippen LogP contribution in [-0.2, 0) is 0 Å². The van der Waals surface area contributed by atoms with Gasteiger partial charge in [-0.2, -0.15) is 0 Å². The largest absolute Gasteiger partial charge is 0.486 e. The predicted molar refractivity (Wildman–Crippen MR) is 85.1 cm³/mol. The minimum Gasteiger partial charge on any atom is -0.486 e. The van der Waals surface area contributed by atoms with Gasteiger partial charge in [0.2, 0.25) is 0 Å². The van der Waals surface area contributed by atoms with Gasteiger partial charge in [-0.05, 0) is 30.3 Å². The molecule has 114 valence electrons. The van der Waals surface area contributed by atoms with E-state index in [1.54, 1.807) is 12.1 Å². The zero-order chi connectivity index (χ0) is 15.5. The molecular formula is C16H13Cl2NO3. The third kappa shape index (κ3) is 3.29. The van der Waals surface area contributed by atoms with Gasteiger partial charge in [0.15, 0.2) is 11.5 Å². The van der Waals surface area contributed by atoms with Crippen LogP contribution in [0.15, 0.2) is 42.5 Å². The predicted octanol–water partition coefficient (Wildman–Crippen LogP) is 3.56. The fraction of sp³-hybridized carbons (Fsp3) is 0.188. The molecule has 1 aliphatic rings. The Bertz CT molecular complexity index is 706. The average molecular weight is 338 g/mol. The van der Waals surface area contributed by atoms with E-state index >= 15 is 0 Å². The normalized spacial score (nSPS) is 16.2. The SMILES string of the molecule is O=C(NC[C@@H]1COc2ccccc2O1)c1ccc(Cl)c(Cl)c1. The lowest BCUT2D eigenvalue weighted by atomic mass is 10.2. The van der Waals surface area contributed by atoms with Gasteiger partial charge in [-0.25, -0.2) is 0 Å². The van der Waals surface area contributed by atoms with Crippen molar-refractivity contribution in [3.8, 4) is 11.5 Å². The van der Waals surface area contributed by atoms with E-state index in [9.17, 15) is 4.79 Å². The van der Waals surface area contributed by atoms with Gasteiger partial charge in [0.05, 0.1) is 16.6 Å². The summed E-state index contributed by atoms with van der Waals surface area (Å²) >= 11 is 11.7. The number of hydrogen-bond donors (Lipinski definition) is 1. The highest BCUT2D eigenvalue weighted by Gasteiger charge is 2.21. The number of amides is 1. The molecule has 2 aromatic carbocycles. The van der Waals surface area contributed by atoms with Crippen LogP contribution in [0.3, 0.4) is 0 Å². The Morgan fingerprint density at radius 3 is 2.68 bits per heavy atom. The summed E-state index contributed by atoms with van der Waals surface area (Å²) in [6, 6.07) is 12.2. The number of benzene rings is 2. The first-order valence-corrected chi connectivity index (χ1v) is 7.51. The van der Waals surface area contributed by atoms with E-state index in [4.69, 9.17) is 32.7 Å². The van der Waals surface area contributed by atoms with Crippen molar-refractivity contribution in [2.24, 2.45) is 0 Å². The van der Waals surface area contributed by atoms with Crippen LogP contribution >= 0.6 is 23.2 Å². The molecule has 1 heterocycles. The van der Waals surface area contributed by atoms with Crippen molar-refractivity contribution in [1.29, 1.82) is 0 Å². The highest BCUT2D eigenvalue weighted by molar-refractivity contribution is 6.42. The molecule has 22 heavy (non-hydrogen) atoms. The molecule has 0 bridgehead atoms. The Labute approximate surface area is 137 Å². The molecule has 1 N–H and O–H groups in total. The molecule has 0 aromatic heterocycles. The first-order chi connectivity index (χ1) is 10.6. The first-order valence-electron chi connectivity index (χ1n) is 6.75. The van der Waals surface area contributed by atoms with E-state index in [0.29, 0.717) is 34.5 Å². The van der Waals surface area contributed by atoms with Crippen LogP contribution in [0.25, 0.3) is 0 Å². The van der Waals surface area contributed by atoms with Gasteiger partial charge in [-0.3, -0.25) is 4.79 Å². The standard InChI is InChI=1S/C16H13Cl2NO3/c17-12-6-5-10(7-13(12)18)16(20)19-8-11-9-21-14-3-1-2-4-15(14)22-11/h1-7,11H,8-9H2,(H,19,20)/t11-/m1/s1. The molecule has 0 fully saturated rings. The minimum absolute atomic E-state index is 0.235. The summed E-state index contributed by atoms with van der Waals surface area (Å²) in [5.41, 5.74) is 0.450. The Morgan fingerprint density at radius 2 is 1.91 bits per heavy atom. The zero-order valence-corrected chi connectivity index (χ0v) is 13.0. The third-order valence-electron chi connectivity index (χ3n) is 3.24. The van der Waals surface area contributed by atoms with Crippen molar-refractivity contribution >= 4 is 29.1 Å². The summed E-state index contributed by atoms with van der Waals surface area (Å²) in [6.45, 7) is 0.728. The van der Waals surface area contributed by atoms with Gasteiger partial charge < -0.3 is 14.8 Å². The van der Waals surface area contributed by atoms with Crippen LogP contribution in [0.2, 0.25) is 10.0 Å². The van der Waals surface area contributed by atoms with E-state index in [-0.39, 0.29) is 12.0 Å². The fourth-order valence-corrected chi connectivity index (χ4v) is 2.41. The average Bonchev–Trinajstić information content (AvgIpc) is 2.55. The van der Waals surface area contributed by atoms with Crippen molar-refractivity contribution in [3.63, 3.8) is 0 Å². The molecule has 0 spiro atoms. The second-order valence-corrected chi connectivity index (χ2v) is 5.65. The maximum atomic E-state index is 12.1. The van der Waals surface area contributed by atoms with Gasteiger partial charge in [-0.1, -0.05) is 35.3 Å². The molecule has 0 radical (unpaired) electrons. The van der Waals surface area contributed by atoms with Crippen LogP contribution in [0.4, 0.5) is 0 Å². The number of hydrogen-bond acceptors (Lipinski definition) is 3. The number of halogens is 2. The van der Waals surface area contributed by atoms with E-state index in [2.05, 4.69) is 5.32 Å². The van der Waals surface area contributed by atoms with E-state index in [1.165, 1.54) is 6.07 Å². The molecule has 3 rings (SSSR count). The topological polar surface area (TPSA) is 47.6 Å². The molecule has 1 amide bonds. The van der Waals surface area contributed by atoms with Crippen LogP contribution in [0.5, 0.6) is 11.5 Å². The monoisotopic (exact) mass is 337 g/mol. The lowest BCUT2D eigenvalue weighted by Crippen LogP contribution is -2.40. The molecule has 0 saturated carbocycles. The summed E-state index contributed by atoms with van der Waals surface area (Å²) < 4.78 is 11.4. The van der Waals surface area contributed by atoms with Gasteiger partial charge >= 0.3 is 0 Å². The molecular weight excluding hydrogens is 325 g/mol. The van der Waals surface area contributed by atoms with Crippen molar-refractivity contribution < 1.29 is 14.3 Å². The minimum atomic E-state index is -0.235. The van der Waals surface area contributed by atoms with Gasteiger partial charge in [0.1, 0.15) is 12.7 Å². The summed E-state index contributed by atoms with van der Waals surface area (Å²) in [5.74, 6) is 1.16. The fourth-order valence-electron chi connectivity index (χ4n) is 2.11. The second-order valence-electron chi connectivity index (χ2n) is 4.84. The van der Waals surface area contributed by atoms with Crippen molar-refractivity contribution in [2.75, 3.05) is 13.2 Å². The summed E-state index contributed by atoms with van der Waals surface area (Å²) in [5, 5.41) is 3.56. The Hall–Kier alpha value is -1.91. The van der Waals surface area contributed by atoms with Crippen molar-refractivity contribution in [3.05, 3.63) is 58.1 Å². The number of para-hydroxylation sites is 2. The number of fused-ring (bicyclic) bond motifs is 1.